The molecule has 2 heterocycles. The molecule has 0 aromatic heterocycles. The fraction of sp³-hybridized carbons (Fsp3) is 0.583. The van der Waals surface area contributed by atoms with Gasteiger partial charge in [-0.2, -0.15) is 10.5 Å². The SMILES string of the molecule is CC(C)N1CCC(N2CCN(CCCOCc3ccccc3)C2=C(C#N)C#N)CC1. The van der Waals surface area contributed by atoms with Crippen molar-refractivity contribution in [1.82, 2.24) is 14.7 Å². The van der Waals surface area contributed by atoms with Gasteiger partial charge in [0.2, 0.25) is 0 Å². The third-order valence-corrected chi connectivity index (χ3v) is 6.13. The third kappa shape index (κ3) is 5.53. The minimum Gasteiger partial charge on any atom is -0.377 e. The van der Waals surface area contributed by atoms with Crippen molar-refractivity contribution in [2.75, 3.05) is 39.3 Å². The molecule has 0 saturated carbocycles. The summed E-state index contributed by atoms with van der Waals surface area (Å²) in [5, 5.41) is 19.1. The molecule has 2 saturated heterocycles. The molecule has 1 aromatic rings. The number of rotatable bonds is 8. The van der Waals surface area contributed by atoms with Gasteiger partial charge in [0.15, 0.2) is 5.57 Å². The van der Waals surface area contributed by atoms with E-state index in [1.165, 1.54) is 5.56 Å². The van der Waals surface area contributed by atoms with Gasteiger partial charge in [0, 0.05) is 51.4 Å². The van der Waals surface area contributed by atoms with E-state index in [2.05, 4.69) is 52.8 Å². The number of piperidine rings is 1. The van der Waals surface area contributed by atoms with Gasteiger partial charge in [-0.1, -0.05) is 30.3 Å². The third-order valence-electron chi connectivity index (χ3n) is 6.13. The zero-order chi connectivity index (χ0) is 21.3. The molecular weight excluding hydrogens is 374 g/mol. The smallest absolute Gasteiger partial charge is 0.169 e. The van der Waals surface area contributed by atoms with Gasteiger partial charge < -0.3 is 19.4 Å². The molecular formula is C24H33N5O. The van der Waals surface area contributed by atoms with Crippen LogP contribution in [0.3, 0.4) is 0 Å². The quantitative estimate of drug-likeness (QED) is 0.486. The van der Waals surface area contributed by atoms with Gasteiger partial charge in [-0.05, 0) is 38.7 Å². The first kappa shape index (κ1) is 22.2. The molecule has 0 N–H and O–H groups in total. The summed E-state index contributed by atoms with van der Waals surface area (Å²) >= 11 is 0. The molecule has 0 atom stereocenters. The molecule has 6 nitrogen and oxygen atoms in total. The molecule has 0 radical (unpaired) electrons. The topological polar surface area (TPSA) is 66.5 Å². The zero-order valence-electron chi connectivity index (χ0n) is 18.3. The van der Waals surface area contributed by atoms with Crippen LogP contribution in [-0.2, 0) is 11.3 Å². The zero-order valence-corrected chi connectivity index (χ0v) is 18.3. The highest BCUT2D eigenvalue weighted by molar-refractivity contribution is 5.40. The Morgan fingerprint density at radius 2 is 1.77 bits per heavy atom. The van der Waals surface area contributed by atoms with Crippen molar-refractivity contribution in [3.63, 3.8) is 0 Å². The summed E-state index contributed by atoms with van der Waals surface area (Å²) in [5.41, 5.74) is 1.42. The normalized spacial score (nSPS) is 18.0. The van der Waals surface area contributed by atoms with E-state index in [1.807, 2.05) is 18.2 Å². The first-order valence-corrected chi connectivity index (χ1v) is 11.1. The number of benzene rings is 1. The minimum atomic E-state index is 0.240. The van der Waals surface area contributed by atoms with E-state index in [1.54, 1.807) is 0 Å². The van der Waals surface area contributed by atoms with Crippen LogP contribution in [0.1, 0.15) is 38.7 Å². The molecule has 1 aromatic carbocycles. The molecule has 2 aliphatic rings. The fourth-order valence-electron chi connectivity index (χ4n) is 4.46. The Labute approximate surface area is 180 Å². The van der Waals surface area contributed by atoms with E-state index in [4.69, 9.17) is 4.74 Å². The maximum absolute atomic E-state index is 9.55. The molecule has 0 bridgehead atoms. The largest absolute Gasteiger partial charge is 0.377 e. The fourth-order valence-corrected chi connectivity index (χ4v) is 4.46. The van der Waals surface area contributed by atoms with Gasteiger partial charge in [0.05, 0.1) is 6.61 Å². The first-order valence-electron chi connectivity index (χ1n) is 11.1. The Morgan fingerprint density at radius 3 is 2.40 bits per heavy atom. The minimum absolute atomic E-state index is 0.240. The van der Waals surface area contributed by atoms with Crippen molar-refractivity contribution in [3.05, 3.63) is 47.3 Å². The lowest BCUT2D eigenvalue weighted by molar-refractivity contribution is 0.107. The maximum Gasteiger partial charge on any atom is 0.169 e. The highest BCUT2D eigenvalue weighted by atomic mass is 16.5. The number of likely N-dealkylation sites (tertiary alicyclic amines) is 1. The van der Waals surface area contributed by atoms with Gasteiger partial charge in [0.1, 0.15) is 18.0 Å². The van der Waals surface area contributed by atoms with E-state index >= 15 is 0 Å². The Bertz CT molecular complexity index is 768. The number of hydrogen-bond acceptors (Lipinski definition) is 6. The first-order chi connectivity index (χ1) is 14.6. The number of nitrogens with zero attached hydrogens (tertiary/aromatic N) is 5. The second kappa shape index (κ2) is 11.0. The summed E-state index contributed by atoms with van der Waals surface area (Å²) in [7, 11) is 0. The van der Waals surface area contributed by atoms with Crippen LogP contribution in [0.5, 0.6) is 0 Å². The van der Waals surface area contributed by atoms with Crippen molar-refractivity contribution in [1.29, 1.82) is 10.5 Å². The maximum atomic E-state index is 9.55. The molecule has 0 spiro atoms. The Morgan fingerprint density at radius 1 is 1.07 bits per heavy atom. The van der Waals surface area contributed by atoms with Crippen molar-refractivity contribution >= 4 is 0 Å². The monoisotopic (exact) mass is 407 g/mol. The van der Waals surface area contributed by atoms with E-state index in [0.717, 1.165) is 57.8 Å². The van der Waals surface area contributed by atoms with Gasteiger partial charge in [-0.15, -0.1) is 0 Å². The Kier molecular flexibility index (Phi) is 8.13. The number of ether oxygens (including phenoxy) is 1. The summed E-state index contributed by atoms with van der Waals surface area (Å²) < 4.78 is 5.81. The number of hydrogen-bond donors (Lipinski definition) is 0. The molecule has 160 valence electrons. The molecule has 0 aliphatic carbocycles. The number of allylic oxidation sites excluding steroid dienone is 1. The van der Waals surface area contributed by atoms with Crippen LogP contribution in [0, 0.1) is 22.7 Å². The van der Waals surface area contributed by atoms with Gasteiger partial charge in [-0.25, -0.2) is 0 Å². The van der Waals surface area contributed by atoms with Crippen LogP contribution in [0.25, 0.3) is 0 Å². The lowest BCUT2D eigenvalue weighted by Crippen LogP contribution is -2.46. The van der Waals surface area contributed by atoms with Crippen molar-refractivity contribution in [2.24, 2.45) is 0 Å². The van der Waals surface area contributed by atoms with Crippen molar-refractivity contribution in [3.8, 4) is 12.1 Å². The molecule has 2 aliphatic heterocycles. The van der Waals surface area contributed by atoms with Crippen LogP contribution in [-0.4, -0.2) is 66.1 Å². The van der Waals surface area contributed by atoms with Gasteiger partial charge in [0.25, 0.3) is 0 Å². The predicted octanol–water partition coefficient (Wildman–Crippen LogP) is 3.34. The van der Waals surface area contributed by atoms with Crippen LogP contribution in [0.4, 0.5) is 0 Å². The van der Waals surface area contributed by atoms with Gasteiger partial charge >= 0.3 is 0 Å². The Balaban J connectivity index is 1.55. The van der Waals surface area contributed by atoms with Crippen LogP contribution in [0.15, 0.2) is 41.7 Å². The standard InChI is InChI=1S/C24H33N5O/c1-20(2)27-12-9-23(10-13-27)29-15-14-28(24(29)22(17-25)18-26)11-6-16-30-19-21-7-4-3-5-8-21/h3-5,7-8,20,23H,6,9-16,19H2,1-2H3. The van der Waals surface area contributed by atoms with Gasteiger partial charge in [-0.3, -0.25) is 0 Å². The summed E-state index contributed by atoms with van der Waals surface area (Å²) in [6, 6.07) is 15.4. The average molecular weight is 408 g/mol. The summed E-state index contributed by atoms with van der Waals surface area (Å²) in [6.45, 7) is 10.5. The molecule has 6 heteroatoms. The molecule has 0 unspecified atom stereocenters. The van der Waals surface area contributed by atoms with Crippen LogP contribution < -0.4 is 0 Å². The summed E-state index contributed by atoms with van der Waals surface area (Å²) in [6.07, 6.45) is 3.04. The van der Waals surface area contributed by atoms with E-state index in [9.17, 15) is 10.5 Å². The highest BCUT2D eigenvalue weighted by Gasteiger charge is 2.35. The van der Waals surface area contributed by atoms with E-state index in [-0.39, 0.29) is 5.57 Å². The lowest BCUT2D eigenvalue weighted by Gasteiger charge is -2.40. The van der Waals surface area contributed by atoms with Crippen LogP contribution in [0.2, 0.25) is 0 Å². The highest BCUT2D eigenvalue weighted by Crippen LogP contribution is 2.29. The predicted molar refractivity (Wildman–Crippen MR) is 117 cm³/mol. The van der Waals surface area contributed by atoms with E-state index in [0.29, 0.717) is 25.3 Å². The molecule has 2 fully saturated rings. The average Bonchev–Trinajstić information content (AvgIpc) is 3.19. The molecule has 3 rings (SSSR count). The van der Waals surface area contributed by atoms with E-state index < -0.39 is 0 Å². The summed E-state index contributed by atoms with van der Waals surface area (Å²) in [4.78, 5) is 7.04. The second-order valence-corrected chi connectivity index (χ2v) is 8.36. The summed E-state index contributed by atoms with van der Waals surface area (Å²) in [5.74, 6) is 0.839. The van der Waals surface area contributed by atoms with Crippen molar-refractivity contribution in [2.45, 2.75) is 51.8 Å². The second-order valence-electron chi connectivity index (χ2n) is 8.36. The number of nitriles is 2. The lowest BCUT2D eigenvalue weighted by atomic mass is 10.0. The Hall–Kier alpha value is -2.54. The van der Waals surface area contributed by atoms with Crippen molar-refractivity contribution < 1.29 is 4.74 Å². The molecule has 0 amide bonds. The molecule has 30 heavy (non-hydrogen) atoms. The van der Waals surface area contributed by atoms with Crippen LogP contribution >= 0.6 is 0 Å².